The average molecular weight is 485 g/mol. The molecule has 9 heteroatoms. The molecule has 4 N–H and O–H groups in total. The van der Waals surface area contributed by atoms with Crippen LogP contribution in [0.5, 0.6) is 0 Å². The summed E-state index contributed by atoms with van der Waals surface area (Å²) in [6, 6.07) is 9.43. The third kappa shape index (κ3) is 6.88. The number of fused-ring (bicyclic) bond motifs is 1. The second-order valence-electron chi connectivity index (χ2n) is 10.6. The molecule has 0 saturated heterocycles. The molecule has 0 bridgehead atoms. The molecule has 2 aromatic rings. The van der Waals surface area contributed by atoms with E-state index in [1.165, 1.54) is 25.7 Å². The van der Waals surface area contributed by atoms with E-state index >= 15 is 0 Å². The summed E-state index contributed by atoms with van der Waals surface area (Å²) in [5.74, 6) is 1.94. The molecule has 1 fully saturated rings. The van der Waals surface area contributed by atoms with Crippen LogP contribution in [0.3, 0.4) is 0 Å². The second-order valence-corrected chi connectivity index (χ2v) is 10.6. The Bertz CT molecular complexity index is 952. The number of ether oxygens (including phenoxy) is 1. The van der Waals surface area contributed by atoms with Crippen LogP contribution in [0.1, 0.15) is 75.6 Å². The standard InChI is InChI=1S/C26H40N6O3/c1-26(2,27)25(34)28-21(18-35-17-20-10-4-3-5-11-20)24-30-29-22-16-31(14-15-32(22)24)23(33)13-12-19-8-6-7-9-19/h3-5,10-11,19,21,23,33H,6-9,12-18,27H2,1-2H3,(H,28,34)/t21-,23?/m1/s1. The van der Waals surface area contributed by atoms with Crippen LogP contribution >= 0.6 is 0 Å². The van der Waals surface area contributed by atoms with E-state index in [0.717, 1.165) is 30.1 Å². The van der Waals surface area contributed by atoms with Crippen LogP contribution in [0.2, 0.25) is 0 Å². The highest BCUT2D eigenvalue weighted by Crippen LogP contribution is 2.30. The van der Waals surface area contributed by atoms with Gasteiger partial charge in [-0.1, -0.05) is 56.0 Å². The first-order valence-corrected chi connectivity index (χ1v) is 12.9. The summed E-state index contributed by atoms with van der Waals surface area (Å²) >= 11 is 0. The van der Waals surface area contributed by atoms with Crippen molar-refractivity contribution in [2.24, 2.45) is 11.7 Å². The fourth-order valence-electron chi connectivity index (χ4n) is 4.97. The number of rotatable bonds is 11. The van der Waals surface area contributed by atoms with Gasteiger partial charge in [0.2, 0.25) is 5.91 Å². The topological polar surface area (TPSA) is 119 Å². The van der Waals surface area contributed by atoms with Gasteiger partial charge in [0.25, 0.3) is 0 Å². The predicted molar refractivity (Wildman–Crippen MR) is 133 cm³/mol. The highest BCUT2D eigenvalue weighted by atomic mass is 16.5. The van der Waals surface area contributed by atoms with Gasteiger partial charge in [-0.3, -0.25) is 9.69 Å². The third-order valence-corrected chi connectivity index (χ3v) is 7.14. The van der Waals surface area contributed by atoms with Crippen LogP contribution in [0, 0.1) is 5.92 Å². The maximum Gasteiger partial charge on any atom is 0.240 e. The highest BCUT2D eigenvalue weighted by molar-refractivity contribution is 5.85. The molecule has 1 aromatic carbocycles. The van der Waals surface area contributed by atoms with Crippen molar-refractivity contribution >= 4 is 5.91 Å². The lowest BCUT2D eigenvalue weighted by Crippen LogP contribution is -2.51. The van der Waals surface area contributed by atoms with E-state index in [1.807, 2.05) is 34.9 Å². The van der Waals surface area contributed by atoms with Crippen molar-refractivity contribution in [2.45, 2.75) is 89.9 Å². The molecular formula is C26H40N6O3. The Morgan fingerprint density at radius 1 is 1.23 bits per heavy atom. The zero-order chi connectivity index (χ0) is 24.8. The van der Waals surface area contributed by atoms with Crippen molar-refractivity contribution in [1.82, 2.24) is 25.0 Å². The van der Waals surface area contributed by atoms with E-state index < -0.39 is 17.8 Å². The van der Waals surface area contributed by atoms with Crippen molar-refractivity contribution in [3.63, 3.8) is 0 Å². The molecule has 1 unspecified atom stereocenters. The van der Waals surface area contributed by atoms with Crippen molar-refractivity contribution in [3.05, 3.63) is 47.5 Å². The third-order valence-electron chi connectivity index (χ3n) is 7.14. The van der Waals surface area contributed by atoms with Gasteiger partial charge in [-0.2, -0.15) is 0 Å². The SMILES string of the molecule is CC(C)(N)C(=O)N[C@H](COCc1ccccc1)c1nnc2n1CCN(C(O)CCC1CCCC1)C2. The summed E-state index contributed by atoms with van der Waals surface area (Å²) < 4.78 is 8.01. The van der Waals surface area contributed by atoms with Crippen LogP contribution in [0.15, 0.2) is 30.3 Å². The predicted octanol–water partition coefficient (Wildman–Crippen LogP) is 2.49. The Balaban J connectivity index is 1.40. The zero-order valence-corrected chi connectivity index (χ0v) is 21.0. The van der Waals surface area contributed by atoms with Gasteiger partial charge in [0, 0.05) is 13.1 Å². The fourth-order valence-corrected chi connectivity index (χ4v) is 4.97. The molecule has 1 saturated carbocycles. The smallest absolute Gasteiger partial charge is 0.240 e. The molecule has 1 aromatic heterocycles. The quantitative estimate of drug-likeness (QED) is 0.448. The minimum Gasteiger partial charge on any atom is -0.378 e. The number of aromatic nitrogens is 3. The van der Waals surface area contributed by atoms with E-state index in [9.17, 15) is 9.90 Å². The summed E-state index contributed by atoms with van der Waals surface area (Å²) in [7, 11) is 0. The lowest BCUT2D eigenvalue weighted by Gasteiger charge is -2.33. The van der Waals surface area contributed by atoms with Crippen molar-refractivity contribution < 1.29 is 14.6 Å². The summed E-state index contributed by atoms with van der Waals surface area (Å²) in [5, 5.41) is 22.6. The maximum absolute atomic E-state index is 12.7. The van der Waals surface area contributed by atoms with Crippen molar-refractivity contribution in [3.8, 4) is 0 Å². The van der Waals surface area contributed by atoms with Crippen LogP contribution in [-0.2, 0) is 29.2 Å². The van der Waals surface area contributed by atoms with Gasteiger partial charge in [0.15, 0.2) is 5.82 Å². The molecule has 1 aliphatic carbocycles. The molecular weight excluding hydrogens is 444 g/mol. The molecule has 2 aliphatic rings. The van der Waals surface area contributed by atoms with E-state index in [-0.39, 0.29) is 12.5 Å². The summed E-state index contributed by atoms with van der Waals surface area (Å²) in [4.78, 5) is 14.8. The average Bonchev–Trinajstić information content (AvgIpc) is 3.51. The molecule has 35 heavy (non-hydrogen) atoms. The summed E-state index contributed by atoms with van der Waals surface area (Å²) in [6.07, 6.45) is 6.65. The molecule has 2 heterocycles. The number of carbonyl (C=O) groups is 1. The first-order valence-electron chi connectivity index (χ1n) is 12.9. The molecule has 4 rings (SSSR count). The number of aliphatic hydroxyl groups excluding tert-OH is 1. The van der Waals surface area contributed by atoms with Crippen LogP contribution in [0.4, 0.5) is 0 Å². The highest BCUT2D eigenvalue weighted by Gasteiger charge is 2.32. The lowest BCUT2D eigenvalue weighted by molar-refractivity contribution is -0.126. The Morgan fingerprint density at radius 3 is 2.69 bits per heavy atom. The number of aliphatic hydroxyl groups is 1. The first-order chi connectivity index (χ1) is 16.8. The normalized spacial score (nSPS) is 18.9. The summed E-state index contributed by atoms with van der Waals surface area (Å²) in [5.41, 5.74) is 6.07. The zero-order valence-electron chi connectivity index (χ0n) is 21.0. The molecule has 2 atom stereocenters. The number of amides is 1. The van der Waals surface area contributed by atoms with Gasteiger partial charge < -0.3 is 25.5 Å². The Hall–Kier alpha value is -2.33. The van der Waals surface area contributed by atoms with Gasteiger partial charge in [-0.15, -0.1) is 10.2 Å². The number of hydrogen-bond donors (Lipinski definition) is 3. The lowest BCUT2D eigenvalue weighted by atomic mass is 10.0. The van der Waals surface area contributed by atoms with Gasteiger partial charge in [-0.25, -0.2) is 0 Å². The minimum atomic E-state index is -1.03. The van der Waals surface area contributed by atoms with E-state index in [0.29, 0.717) is 32.1 Å². The Labute approximate surface area is 208 Å². The molecule has 9 nitrogen and oxygen atoms in total. The van der Waals surface area contributed by atoms with Crippen LogP contribution in [-0.4, -0.2) is 55.6 Å². The minimum absolute atomic E-state index is 0.253. The van der Waals surface area contributed by atoms with E-state index in [1.54, 1.807) is 13.8 Å². The number of nitrogens with zero attached hydrogens (tertiary/aromatic N) is 4. The molecule has 0 radical (unpaired) electrons. The van der Waals surface area contributed by atoms with Gasteiger partial charge in [-0.05, 0) is 38.2 Å². The summed E-state index contributed by atoms with van der Waals surface area (Å²) in [6.45, 7) is 5.92. The maximum atomic E-state index is 12.7. The Kier molecular flexibility index (Phi) is 8.54. The van der Waals surface area contributed by atoms with Crippen molar-refractivity contribution in [2.75, 3.05) is 13.2 Å². The molecule has 1 amide bonds. The molecule has 0 spiro atoms. The first kappa shape index (κ1) is 25.8. The molecule has 1 aliphatic heterocycles. The number of carbonyl (C=O) groups excluding carboxylic acids is 1. The van der Waals surface area contributed by atoms with Crippen molar-refractivity contribution in [1.29, 1.82) is 0 Å². The number of nitrogens with one attached hydrogen (secondary N) is 1. The Morgan fingerprint density at radius 2 is 1.97 bits per heavy atom. The van der Waals surface area contributed by atoms with Gasteiger partial charge in [0.05, 0.1) is 25.3 Å². The number of hydrogen-bond acceptors (Lipinski definition) is 7. The second kappa shape index (κ2) is 11.6. The van der Waals surface area contributed by atoms with E-state index in [4.69, 9.17) is 10.5 Å². The number of nitrogens with two attached hydrogens (primary N) is 1. The largest absolute Gasteiger partial charge is 0.378 e. The van der Waals surface area contributed by atoms with Crippen LogP contribution < -0.4 is 11.1 Å². The van der Waals surface area contributed by atoms with Gasteiger partial charge in [0.1, 0.15) is 18.1 Å². The van der Waals surface area contributed by atoms with Gasteiger partial charge >= 0.3 is 0 Å². The molecule has 192 valence electrons. The monoisotopic (exact) mass is 484 g/mol. The number of benzene rings is 1. The van der Waals surface area contributed by atoms with Crippen LogP contribution in [0.25, 0.3) is 0 Å². The fraction of sp³-hybridized carbons (Fsp3) is 0.654. The van der Waals surface area contributed by atoms with E-state index in [2.05, 4.69) is 20.4 Å².